The number of carbonyl (C=O) groups excluding carboxylic acids is 1. The molecule has 1 aromatic rings. The SMILES string of the molecule is COC(=O)CCc1cc[n+](C)cc1.[I-]. The molecule has 0 amide bonds. The van der Waals surface area contributed by atoms with E-state index in [-0.39, 0.29) is 29.9 Å². The summed E-state index contributed by atoms with van der Waals surface area (Å²) in [5.74, 6) is -0.159. The molecule has 0 bridgehead atoms. The van der Waals surface area contributed by atoms with Gasteiger partial charge in [0.25, 0.3) is 0 Å². The summed E-state index contributed by atoms with van der Waals surface area (Å²) in [7, 11) is 3.37. The quantitative estimate of drug-likeness (QED) is 0.355. The van der Waals surface area contributed by atoms with Gasteiger partial charge in [-0.15, -0.1) is 0 Å². The summed E-state index contributed by atoms with van der Waals surface area (Å²) in [6, 6.07) is 4.01. The van der Waals surface area contributed by atoms with E-state index in [4.69, 9.17) is 0 Å². The molecule has 0 atom stereocenters. The maximum absolute atomic E-state index is 10.8. The minimum atomic E-state index is -0.159. The molecule has 1 heterocycles. The van der Waals surface area contributed by atoms with Crippen LogP contribution in [0, 0.1) is 0 Å². The molecular formula is C10H14INO2. The third-order valence-electron chi connectivity index (χ3n) is 1.89. The molecule has 0 saturated heterocycles. The van der Waals surface area contributed by atoms with Gasteiger partial charge in [0.1, 0.15) is 7.05 Å². The van der Waals surface area contributed by atoms with Gasteiger partial charge in [-0.2, -0.15) is 0 Å². The highest BCUT2D eigenvalue weighted by Gasteiger charge is 2.01. The summed E-state index contributed by atoms with van der Waals surface area (Å²) in [5, 5.41) is 0. The summed E-state index contributed by atoms with van der Waals surface area (Å²) in [4.78, 5) is 10.8. The first-order valence-electron chi connectivity index (χ1n) is 4.23. The van der Waals surface area contributed by atoms with Gasteiger partial charge in [-0.3, -0.25) is 4.79 Å². The zero-order valence-electron chi connectivity index (χ0n) is 8.37. The Bertz CT molecular complexity index is 285. The Kier molecular flexibility index (Phi) is 6.44. The predicted octanol–water partition coefficient (Wildman–Crippen LogP) is -2.38. The molecule has 0 aliphatic rings. The Hall–Kier alpha value is -0.650. The minimum absolute atomic E-state index is 0. The molecule has 0 fully saturated rings. The number of halogens is 1. The zero-order valence-corrected chi connectivity index (χ0v) is 10.5. The molecule has 0 aliphatic heterocycles. The highest BCUT2D eigenvalue weighted by Crippen LogP contribution is 2.00. The predicted molar refractivity (Wildman–Crippen MR) is 48.0 cm³/mol. The molecule has 3 nitrogen and oxygen atoms in total. The Morgan fingerprint density at radius 3 is 2.50 bits per heavy atom. The number of aryl methyl sites for hydroxylation is 2. The van der Waals surface area contributed by atoms with E-state index in [0.717, 1.165) is 12.0 Å². The zero-order chi connectivity index (χ0) is 9.68. The largest absolute Gasteiger partial charge is 1.00 e. The van der Waals surface area contributed by atoms with Crippen LogP contribution in [0.3, 0.4) is 0 Å². The van der Waals surface area contributed by atoms with Crippen LogP contribution in [-0.4, -0.2) is 13.1 Å². The van der Waals surface area contributed by atoms with Crippen LogP contribution in [0.25, 0.3) is 0 Å². The van der Waals surface area contributed by atoms with Gasteiger partial charge in [0.2, 0.25) is 0 Å². The number of hydrogen-bond acceptors (Lipinski definition) is 2. The van der Waals surface area contributed by atoms with Crippen LogP contribution >= 0.6 is 0 Å². The van der Waals surface area contributed by atoms with Gasteiger partial charge in [-0.25, -0.2) is 4.57 Å². The van der Waals surface area contributed by atoms with Crippen molar-refractivity contribution in [2.75, 3.05) is 7.11 Å². The first-order valence-corrected chi connectivity index (χ1v) is 4.23. The van der Waals surface area contributed by atoms with Crippen LogP contribution in [0.4, 0.5) is 0 Å². The monoisotopic (exact) mass is 307 g/mol. The lowest BCUT2D eigenvalue weighted by Crippen LogP contribution is -3.00. The molecule has 78 valence electrons. The Morgan fingerprint density at radius 2 is 2.00 bits per heavy atom. The first-order chi connectivity index (χ1) is 6.22. The third-order valence-corrected chi connectivity index (χ3v) is 1.89. The molecule has 0 unspecified atom stereocenters. The number of pyridine rings is 1. The summed E-state index contributed by atoms with van der Waals surface area (Å²) in [6.07, 6.45) is 5.12. The first kappa shape index (κ1) is 13.4. The standard InChI is InChI=1S/C10H14NO2.HI/c1-11-7-5-9(6-8-11)3-4-10(12)13-2;/h5-8H,3-4H2,1-2H3;1H/q+1;/p-1. The van der Waals surface area contributed by atoms with E-state index >= 15 is 0 Å². The van der Waals surface area contributed by atoms with Crippen LogP contribution in [0.1, 0.15) is 12.0 Å². The van der Waals surface area contributed by atoms with Gasteiger partial charge in [0.15, 0.2) is 12.4 Å². The van der Waals surface area contributed by atoms with Crippen molar-refractivity contribution >= 4 is 5.97 Å². The molecular weight excluding hydrogens is 293 g/mol. The molecule has 4 heteroatoms. The van der Waals surface area contributed by atoms with Crippen LogP contribution in [0.5, 0.6) is 0 Å². The van der Waals surface area contributed by atoms with Crippen molar-refractivity contribution < 1.29 is 38.1 Å². The number of ether oxygens (including phenoxy) is 1. The van der Waals surface area contributed by atoms with Gasteiger partial charge >= 0.3 is 5.97 Å². The van der Waals surface area contributed by atoms with Gasteiger partial charge in [-0.1, -0.05) is 0 Å². The highest BCUT2D eigenvalue weighted by molar-refractivity contribution is 5.69. The van der Waals surface area contributed by atoms with Crippen molar-refractivity contribution in [3.8, 4) is 0 Å². The van der Waals surface area contributed by atoms with E-state index in [1.54, 1.807) is 0 Å². The van der Waals surface area contributed by atoms with Crippen molar-refractivity contribution in [1.29, 1.82) is 0 Å². The summed E-state index contributed by atoms with van der Waals surface area (Å²) in [6.45, 7) is 0. The molecule has 0 N–H and O–H groups in total. The second kappa shape index (κ2) is 6.75. The van der Waals surface area contributed by atoms with Crippen molar-refractivity contribution in [3.05, 3.63) is 30.1 Å². The fraction of sp³-hybridized carbons (Fsp3) is 0.400. The fourth-order valence-electron chi connectivity index (χ4n) is 1.05. The number of esters is 1. The molecule has 14 heavy (non-hydrogen) atoms. The maximum Gasteiger partial charge on any atom is 0.305 e. The number of nitrogens with zero attached hydrogens (tertiary/aromatic N) is 1. The van der Waals surface area contributed by atoms with Gasteiger partial charge in [0, 0.05) is 18.6 Å². The molecule has 0 saturated carbocycles. The van der Waals surface area contributed by atoms with Crippen LogP contribution in [0.15, 0.2) is 24.5 Å². The smallest absolute Gasteiger partial charge is 0.305 e. The van der Waals surface area contributed by atoms with E-state index in [1.165, 1.54) is 7.11 Å². The average molecular weight is 307 g/mol. The molecule has 0 aliphatic carbocycles. The van der Waals surface area contributed by atoms with Crippen molar-refractivity contribution in [1.82, 2.24) is 0 Å². The molecule has 0 radical (unpaired) electrons. The maximum atomic E-state index is 10.8. The third kappa shape index (κ3) is 4.55. The van der Waals surface area contributed by atoms with E-state index in [1.807, 2.05) is 36.1 Å². The van der Waals surface area contributed by atoms with Crippen molar-refractivity contribution in [3.63, 3.8) is 0 Å². The normalized spacial score (nSPS) is 9.00. The Labute approximate surface area is 101 Å². The highest BCUT2D eigenvalue weighted by atomic mass is 127. The average Bonchev–Trinajstić information content (AvgIpc) is 2.16. The summed E-state index contributed by atoms with van der Waals surface area (Å²) in [5.41, 5.74) is 1.16. The lowest BCUT2D eigenvalue weighted by atomic mass is 10.1. The minimum Gasteiger partial charge on any atom is -1.00 e. The second-order valence-electron chi connectivity index (χ2n) is 2.95. The topological polar surface area (TPSA) is 30.2 Å². The van der Waals surface area contributed by atoms with E-state index in [0.29, 0.717) is 6.42 Å². The lowest BCUT2D eigenvalue weighted by Gasteiger charge is -1.98. The van der Waals surface area contributed by atoms with Crippen LogP contribution < -0.4 is 28.5 Å². The van der Waals surface area contributed by atoms with Crippen LogP contribution in [-0.2, 0) is 23.0 Å². The van der Waals surface area contributed by atoms with E-state index in [2.05, 4.69) is 4.74 Å². The Balaban J connectivity index is 0.00000169. The molecule has 1 aromatic heterocycles. The molecule has 0 aromatic carbocycles. The van der Waals surface area contributed by atoms with Gasteiger partial charge in [0.05, 0.1) is 7.11 Å². The Morgan fingerprint density at radius 1 is 1.43 bits per heavy atom. The molecule has 0 spiro atoms. The fourth-order valence-corrected chi connectivity index (χ4v) is 1.05. The second-order valence-corrected chi connectivity index (χ2v) is 2.95. The van der Waals surface area contributed by atoms with E-state index < -0.39 is 0 Å². The van der Waals surface area contributed by atoms with Gasteiger partial charge < -0.3 is 28.7 Å². The number of aromatic nitrogens is 1. The number of hydrogen-bond donors (Lipinski definition) is 0. The lowest BCUT2D eigenvalue weighted by molar-refractivity contribution is -0.671. The summed E-state index contributed by atoms with van der Waals surface area (Å²) < 4.78 is 6.51. The van der Waals surface area contributed by atoms with Gasteiger partial charge in [-0.05, 0) is 12.0 Å². The van der Waals surface area contributed by atoms with Crippen molar-refractivity contribution in [2.45, 2.75) is 12.8 Å². The summed E-state index contributed by atoms with van der Waals surface area (Å²) >= 11 is 0. The number of rotatable bonds is 3. The van der Waals surface area contributed by atoms with E-state index in [9.17, 15) is 4.79 Å². The number of carbonyl (C=O) groups is 1. The van der Waals surface area contributed by atoms with Crippen molar-refractivity contribution in [2.24, 2.45) is 7.05 Å². The number of methoxy groups -OCH3 is 1. The van der Waals surface area contributed by atoms with Crippen LogP contribution in [0.2, 0.25) is 0 Å². The molecule has 1 rings (SSSR count).